The number of rotatable bonds is 4. The molecule has 1 fully saturated rings. The molecule has 0 bridgehead atoms. The van der Waals surface area contributed by atoms with E-state index in [0.717, 1.165) is 12.8 Å². The molecule has 1 aromatic rings. The maximum Gasteiger partial charge on any atom is 0.405 e. The van der Waals surface area contributed by atoms with Crippen molar-refractivity contribution in [2.75, 3.05) is 11.4 Å². The van der Waals surface area contributed by atoms with Gasteiger partial charge in [0.2, 0.25) is 0 Å². The van der Waals surface area contributed by atoms with Crippen molar-refractivity contribution < 1.29 is 18.3 Å². The SMILES string of the molecule is OCc1ccncc1N(CC(F)(F)F)C1CC1. The lowest BCUT2D eigenvalue weighted by molar-refractivity contribution is -0.120. The molecule has 0 spiro atoms. The summed E-state index contributed by atoms with van der Waals surface area (Å²) in [5, 5.41) is 9.13. The van der Waals surface area contributed by atoms with E-state index in [2.05, 4.69) is 4.98 Å². The van der Waals surface area contributed by atoms with E-state index < -0.39 is 12.7 Å². The normalized spacial score (nSPS) is 16.0. The standard InChI is InChI=1S/C11H13F3N2O/c12-11(13,14)7-16(9-1-2-9)10-5-15-4-3-8(10)6-17/h3-5,9,17H,1-2,6-7H2. The third kappa shape index (κ3) is 3.09. The van der Waals surface area contributed by atoms with Gasteiger partial charge in [-0.05, 0) is 18.9 Å². The van der Waals surface area contributed by atoms with Gasteiger partial charge in [0.1, 0.15) is 6.54 Å². The first-order valence-corrected chi connectivity index (χ1v) is 5.38. The summed E-state index contributed by atoms with van der Waals surface area (Å²) in [4.78, 5) is 5.12. The van der Waals surface area contributed by atoms with Gasteiger partial charge in [-0.15, -0.1) is 0 Å². The predicted octanol–water partition coefficient (Wildman–Crippen LogP) is 2.10. The number of halogens is 3. The molecule has 1 heterocycles. The first-order chi connectivity index (χ1) is 8.01. The van der Waals surface area contributed by atoms with E-state index in [1.165, 1.54) is 17.3 Å². The summed E-state index contributed by atoms with van der Waals surface area (Å²) >= 11 is 0. The molecular formula is C11H13F3N2O. The van der Waals surface area contributed by atoms with Crippen LogP contribution in [-0.4, -0.2) is 28.9 Å². The minimum atomic E-state index is -4.24. The molecule has 0 aromatic carbocycles. The van der Waals surface area contributed by atoms with Crippen LogP contribution in [0.25, 0.3) is 0 Å². The molecule has 0 atom stereocenters. The van der Waals surface area contributed by atoms with Gasteiger partial charge in [-0.1, -0.05) is 0 Å². The quantitative estimate of drug-likeness (QED) is 0.883. The number of aliphatic hydroxyl groups excluding tert-OH is 1. The molecule has 0 radical (unpaired) electrons. The van der Waals surface area contributed by atoms with Crippen LogP contribution in [-0.2, 0) is 6.61 Å². The molecule has 1 aliphatic carbocycles. The second-order valence-corrected chi connectivity index (χ2v) is 4.14. The van der Waals surface area contributed by atoms with Gasteiger partial charge >= 0.3 is 6.18 Å². The summed E-state index contributed by atoms with van der Waals surface area (Å²) in [6, 6.07) is 1.47. The number of aromatic nitrogens is 1. The van der Waals surface area contributed by atoms with Crippen molar-refractivity contribution in [3.05, 3.63) is 24.0 Å². The highest BCUT2D eigenvalue weighted by Gasteiger charge is 2.38. The third-order valence-corrected chi connectivity index (χ3v) is 2.70. The second kappa shape index (κ2) is 4.52. The van der Waals surface area contributed by atoms with Gasteiger partial charge in [0.25, 0.3) is 0 Å². The fourth-order valence-corrected chi connectivity index (χ4v) is 1.80. The summed E-state index contributed by atoms with van der Waals surface area (Å²) in [6.07, 6.45) is 0.125. The maximum atomic E-state index is 12.5. The molecule has 0 unspecified atom stereocenters. The molecule has 0 amide bonds. The zero-order valence-electron chi connectivity index (χ0n) is 9.11. The third-order valence-electron chi connectivity index (χ3n) is 2.70. The molecule has 6 heteroatoms. The van der Waals surface area contributed by atoms with Crippen LogP contribution >= 0.6 is 0 Å². The lowest BCUT2D eigenvalue weighted by Crippen LogP contribution is -2.36. The molecule has 2 rings (SSSR count). The molecule has 0 aliphatic heterocycles. The molecule has 0 saturated heterocycles. The van der Waals surface area contributed by atoms with Gasteiger partial charge in [-0.25, -0.2) is 0 Å². The van der Waals surface area contributed by atoms with Crippen LogP contribution < -0.4 is 4.90 Å². The van der Waals surface area contributed by atoms with Gasteiger partial charge in [0, 0.05) is 17.8 Å². The molecular weight excluding hydrogens is 233 g/mol. The van der Waals surface area contributed by atoms with Crippen LogP contribution in [0.2, 0.25) is 0 Å². The fraction of sp³-hybridized carbons (Fsp3) is 0.545. The zero-order valence-corrected chi connectivity index (χ0v) is 9.11. The van der Waals surface area contributed by atoms with Crippen molar-refractivity contribution in [2.45, 2.75) is 31.7 Å². The predicted molar refractivity (Wildman–Crippen MR) is 56.6 cm³/mol. The minimum Gasteiger partial charge on any atom is -0.392 e. The minimum absolute atomic E-state index is 0.0777. The van der Waals surface area contributed by atoms with Crippen LogP contribution in [0, 0.1) is 0 Å². The van der Waals surface area contributed by atoms with Gasteiger partial charge in [0.15, 0.2) is 0 Å². The van der Waals surface area contributed by atoms with Gasteiger partial charge in [0.05, 0.1) is 18.5 Å². The van der Waals surface area contributed by atoms with Crippen LogP contribution in [0.5, 0.6) is 0 Å². The highest BCUT2D eigenvalue weighted by atomic mass is 19.4. The molecule has 3 nitrogen and oxygen atoms in total. The van der Waals surface area contributed by atoms with Gasteiger partial charge < -0.3 is 10.0 Å². The number of alkyl halides is 3. The molecule has 1 saturated carbocycles. The number of nitrogens with zero attached hydrogens (tertiary/aromatic N) is 2. The lowest BCUT2D eigenvalue weighted by atomic mass is 10.2. The Morgan fingerprint density at radius 1 is 1.41 bits per heavy atom. The molecule has 1 aliphatic rings. The van der Waals surface area contributed by atoms with Crippen molar-refractivity contribution in [2.24, 2.45) is 0 Å². The Hall–Kier alpha value is -1.30. The van der Waals surface area contributed by atoms with Gasteiger partial charge in [-0.3, -0.25) is 4.98 Å². The number of hydrogen-bond acceptors (Lipinski definition) is 3. The first kappa shape index (κ1) is 12.2. The summed E-state index contributed by atoms with van der Waals surface area (Å²) in [6.45, 7) is -1.27. The highest BCUT2D eigenvalue weighted by molar-refractivity contribution is 5.53. The van der Waals surface area contributed by atoms with Crippen LogP contribution in [0.1, 0.15) is 18.4 Å². The fourth-order valence-electron chi connectivity index (χ4n) is 1.80. The number of pyridine rings is 1. The lowest BCUT2D eigenvalue weighted by Gasteiger charge is -2.27. The van der Waals surface area contributed by atoms with Crippen LogP contribution in [0.15, 0.2) is 18.5 Å². The van der Waals surface area contributed by atoms with Gasteiger partial charge in [-0.2, -0.15) is 13.2 Å². The smallest absolute Gasteiger partial charge is 0.392 e. The zero-order chi connectivity index (χ0) is 12.5. The van der Waals surface area contributed by atoms with E-state index in [9.17, 15) is 13.2 Å². The molecule has 1 aromatic heterocycles. The monoisotopic (exact) mass is 246 g/mol. The Bertz CT molecular complexity index is 391. The Labute approximate surface area is 96.9 Å². The van der Waals surface area contributed by atoms with E-state index in [-0.39, 0.29) is 12.6 Å². The van der Waals surface area contributed by atoms with Crippen LogP contribution in [0.3, 0.4) is 0 Å². The highest BCUT2D eigenvalue weighted by Crippen LogP contribution is 2.35. The van der Waals surface area contributed by atoms with E-state index in [4.69, 9.17) is 5.11 Å². The van der Waals surface area contributed by atoms with E-state index >= 15 is 0 Å². The van der Waals surface area contributed by atoms with Crippen molar-refractivity contribution in [1.29, 1.82) is 0 Å². The summed E-state index contributed by atoms with van der Waals surface area (Å²) in [5.41, 5.74) is 0.867. The average Bonchev–Trinajstić information content (AvgIpc) is 3.08. The maximum absolute atomic E-state index is 12.5. The molecule has 94 valence electrons. The summed E-state index contributed by atoms with van der Waals surface area (Å²) in [7, 11) is 0. The second-order valence-electron chi connectivity index (χ2n) is 4.14. The average molecular weight is 246 g/mol. The number of aliphatic hydroxyl groups is 1. The van der Waals surface area contributed by atoms with Crippen LogP contribution in [0.4, 0.5) is 18.9 Å². The summed E-state index contributed by atoms with van der Waals surface area (Å²) in [5.74, 6) is 0. The van der Waals surface area contributed by atoms with Crippen molar-refractivity contribution in [3.8, 4) is 0 Å². The molecule has 1 N–H and O–H groups in total. The topological polar surface area (TPSA) is 36.4 Å². The Morgan fingerprint density at radius 2 is 2.12 bits per heavy atom. The van der Waals surface area contributed by atoms with E-state index in [0.29, 0.717) is 11.3 Å². The Balaban J connectivity index is 2.26. The van der Waals surface area contributed by atoms with Crippen molar-refractivity contribution >= 4 is 5.69 Å². The van der Waals surface area contributed by atoms with Crippen molar-refractivity contribution in [3.63, 3.8) is 0 Å². The van der Waals surface area contributed by atoms with Crippen molar-refractivity contribution in [1.82, 2.24) is 4.98 Å². The Kier molecular flexibility index (Phi) is 3.24. The van der Waals surface area contributed by atoms with E-state index in [1.807, 2.05) is 0 Å². The first-order valence-electron chi connectivity index (χ1n) is 5.38. The number of anilines is 1. The van der Waals surface area contributed by atoms with E-state index in [1.54, 1.807) is 6.07 Å². The number of hydrogen-bond donors (Lipinski definition) is 1. The summed E-state index contributed by atoms with van der Waals surface area (Å²) < 4.78 is 37.5. The largest absolute Gasteiger partial charge is 0.405 e. The molecule has 17 heavy (non-hydrogen) atoms. The Morgan fingerprint density at radius 3 is 2.65 bits per heavy atom.